The predicted molar refractivity (Wildman–Crippen MR) is 199 cm³/mol. The molecule has 1 N–H and O–H groups in total. The van der Waals surface area contributed by atoms with Crippen LogP contribution in [0.2, 0.25) is 0 Å². The van der Waals surface area contributed by atoms with Gasteiger partial charge in [0.15, 0.2) is 6.17 Å². The molecule has 0 saturated carbocycles. The molecule has 4 nitrogen and oxygen atoms in total. The molecule has 6 aromatic carbocycles. The average molecular weight is 619 g/mol. The lowest BCUT2D eigenvalue weighted by atomic mass is 9.98. The van der Waals surface area contributed by atoms with E-state index in [1.165, 1.54) is 22.3 Å². The third-order valence-corrected chi connectivity index (χ3v) is 8.88. The molecule has 4 heteroatoms. The van der Waals surface area contributed by atoms with Crippen molar-refractivity contribution >= 4 is 22.6 Å². The van der Waals surface area contributed by atoms with Gasteiger partial charge in [0.2, 0.25) is 0 Å². The number of aliphatic imine (C=N–C) groups is 2. The number of hydrogen-bond acceptors (Lipinski definition) is 4. The molecule has 1 aliphatic rings. The van der Waals surface area contributed by atoms with Gasteiger partial charge in [0, 0.05) is 22.7 Å². The molecule has 0 radical (unpaired) electrons. The largest absolute Gasteiger partial charge is 0.324 e. The van der Waals surface area contributed by atoms with Crippen molar-refractivity contribution < 1.29 is 0 Å². The maximum atomic E-state index is 5.21. The van der Waals surface area contributed by atoms with Crippen LogP contribution in [0.4, 0.5) is 0 Å². The van der Waals surface area contributed by atoms with E-state index in [-0.39, 0.29) is 0 Å². The van der Waals surface area contributed by atoms with Gasteiger partial charge in [-0.1, -0.05) is 139 Å². The molecule has 0 spiro atoms. The fraction of sp³-hybridized carbons (Fsp3) is 0.0682. The first kappa shape index (κ1) is 29.3. The van der Waals surface area contributed by atoms with E-state index in [4.69, 9.17) is 9.98 Å². The van der Waals surface area contributed by atoms with Gasteiger partial charge in [-0.05, 0) is 77.1 Å². The van der Waals surface area contributed by atoms with E-state index >= 15 is 0 Å². The second-order valence-corrected chi connectivity index (χ2v) is 12.4. The van der Waals surface area contributed by atoms with Crippen LogP contribution in [-0.4, -0.2) is 16.7 Å². The molecule has 1 aromatic heterocycles. The maximum absolute atomic E-state index is 5.21. The molecule has 0 saturated heterocycles. The molecule has 1 aliphatic heterocycles. The summed E-state index contributed by atoms with van der Waals surface area (Å²) in [6.07, 6.45) is 1.43. The number of nitrogens with zero attached hydrogens (tertiary/aromatic N) is 3. The zero-order valence-corrected chi connectivity index (χ0v) is 26.9. The Labute approximate surface area is 281 Å². The van der Waals surface area contributed by atoms with Crippen LogP contribution >= 0.6 is 0 Å². The summed E-state index contributed by atoms with van der Waals surface area (Å²) in [5, 5.41) is 4.74. The Balaban J connectivity index is 1.20. The highest BCUT2D eigenvalue weighted by molar-refractivity contribution is 6.16. The van der Waals surface area contributed by atoms with Crippen LogP contribution < -0.4 is 5.32 Å². The van der Waals surface area contributed by atoms with Crippen LogP contribution in [0.1, 0.15) is 34.0 Å². The number of aryl methyl sites for hydroxylation is 2. The molecule has 2 heterocycles. The van der Waals surface area contributed by atoms with E-state index in [0.717, 1.165) is 61.5 Å². The average Bonchev–Trinajstić information content (AvgIpc) is 3.14. The Kier molecular flexibility index (Phi) is 7.67. The zero-order valence-electron chi connectivity index (χ0n) is 26.9. The topological polar surface area (TPSA) is 49.6 Å². The summed E-state index contributed by atoms with van der Waals surface area (Å²) in [5.41, 5.74) is 13.5. The minimum atomic E-state index is -0.410. The molecular formula is C44H34N4. The minimum Gasteiger partial charge on any atom is -0.324 e. The van der Waals surface area contributed by atoms with Crippen LogP contribution in [-0.2, 0) is 0 Å². The first-order valence-corrected chi connectivity index (χ1v) is 16.3. The number of pyridine rings is 1. The fourth-order valence-corrected chi connectivity index (χ4v) is 6.43. The van der Waals surface area contributed by atoms with Gasteiger partial charge in [-0.25, -0.2) is 9.98 Å². The lowest BCUT2D eigenvalue weighted by Crippen LogP contribution is -2.36. The van der Waals surface area contributed by atoms with Gasteiger partial charge in [0.25, 0.3) is 0 Å². The second-order valence-electron chi connectivity index (χ2n) is 12.4. The third-order valence-electron chi connectivity index (χ3n) is 8.88. The lowest BCUT2D eigenvalue weighted by Gasteiger charge is -2.23. The molecule has 1 atom stereocenters. The molecule has 0 bridgehead atoms. The lowest BCUT2D eigenvalue weighted by molar-refractivity contribution is 0.756. The predicted octanol–water partition coefficient (Wildman–Crippen LogP) is 10.3. The fourth-order valence-electron chi connectivity index (χ4n) is 6.43. The number of aromatic nitrogens is 1. The zero-order chi connectivity index (χ0) is 32.5. The van der Waals surface area contributed by atoms with Crippen LogP contribution in [0, 0.1) is 13.8 Å². The molecule has 48 heavy (non-hydrogen) atoms. The van der Waals surface area contributed by atoms with Crippen molar-refractivity contribution in [3.05, 3.63) is 186 Å². The molecular weight excluding hydrogens is 585 g/mol. The first-order chi connectivity index (χ1) is 23.6. The minimum absolute atomic E-state index is 0.410. The first-order valence-electron chi connectivity index (χ1n) is 16.3. The highest BCUT2D eigenvalue weighted by Gasteiger charge is 2.22. The van der Waals surface area contributed by atoms with Gasteiger partial charge in [-0.15, -0.1) is 0 Å². The van der Waals surface area contributed by atoms with Gasteiger partial charge in [0.1, 0.15) is 11.7 Å². The molecule has 230 valence electrons. The Bertz CT molecular complexity index is 2340. The normalized spacial score (nSPS) is 14.2. The highest BCUT2D eigenvalue weighted by Crippen LogP contribution is 2.31. The molecule has 0 aliphatic carbocycles. The number of hydrogen-bond donors (Lipinski definition) is 1. The third kappa shape index (κ3) is 5.92. The van der Waals surface area contributed by atoms with Crippen LogP contribution in [0.3, 0.4) is 0 Å². The van der Waals surface area contributed by atoms with Crippen molar-refractivity contribution in [1.82, 2.24) is 10.3 Å². The Hall–Kier alpha value is -6.13. The number of nitrogens with one attached hydrogen (secondary N) is 1. The van der Waals surface area contributed by atoms with Gasteiger partial charge >= 0.3 is 0 Å². The van der Waals surface area contributed by atoms with Crippen molar-refractivity contribution in [2.24, 2.45) is 9.98 Å². The standard InChI is InChI=1S/C44H34N4/c1-29-9-3-11-33(25-29)35-13-5-15-37(27-35)43-46-42(32-22-20-31(21-23-32)39-17-7-19-41-40(39)18-8-24-45-41)47-44(48-43)38-16-6-14-36(28-38)34-12-4-10-30(2)26-34/h3-28,43H,1-2H3,(H,46,47,48). The SMILES string of the molecule is Cc1cccc(-c2cccc(C3=NC(c4cccc(-c5cccc(C)c5)c4)N=C(c4ccc(-c5cccc6ncccc56)cc4)N3)c2)c1. The highest BCUT2D eigenvalue weighted by atomic mass is 15.2. The summed E-state index contributed by atoms with van der Waals surface area (Å²) >= 11 is 0. The van der Waals surface area contributed by atoms with E-state index in [1.54, 1.807) is 0 Å². The molecule has 0 fully saturated rings. The number of fused-ring (bicyclic) bond motifs is 1. The number of amidine groups is 2. The van der Waals surface area contributed by atoms with E-state index in [2.05, 4.69) is 170 Å². The molecule has 1 unspecified atom stereocenters. The number of rotatable bonds is 6. The van der Waals surface area contributed by atoms with E-state index in [0.29, 0.717) is 0 Å². The summed E-state index contributed by atoms with van der Waals surface area (Å²) < 4.78 is 0. The van der Waals surface area contributed by atoms with Gasteiger partial charge < -0.3 is 5.32 Å². The van der Waals surface area contributed by atoms with Gasteiger partial charge in [-0.3, -0.25) is 4.98 Å². The van der Waals surface area contributed by atoms with Gasteiger partial charge in [0.05, 0.1) is 5.52 Å². The summed E-state index contributed by atoms with van der Waals surface area (Å²) in [6.45, 7) is 4.25. The van der Waals surface area contributed by atoms with Crippen molar-refractivity contribution in [3.8, 4) is 33.4 Å². The van der Waals surface area contributed by atoms with Crippen LogP contribution in [0.5, 0.6) is 0 Å². The Morgan fingerprint density at radius 3 is 1.73 bits per heavy atom. The Morgan fingerprint density at radius 1 is 0.458 bits per heavy atom. The van der Waals surface area contributed by atoms with Gasteiger partial charge in [-0.2, -0.15) is 0 Å². The monoisotopic (exact) mass is 618 g/mol. The van der Waals surface area contributed by atoms with Crippen molar-refractivity contribution in [2.75, 3.05) is 0 Å². The smallest absolute Gasteiger partial charge is 0.169 e. The summed E-state index contributed by atoms with van der Waals surface area (Å²) in [7, 11) is 0. The van der Waals surface area contributed by atoms with E-state index in [9.17, 15) is 0 Å². The molecule has 8 rings (SSSR count). The van der Waals surface area contributed by atoms with E-state index in [1.807, 2.05) is 12.3 Å². The molecule has 7 aromatic rings. The number of benzene rings is 6. The summed E-state index contributed by atoms with van der Waals surface area (Å²) in [5.74, 6) is 1.59. The summed E-state index contributed by atoms with van der Waals surface area (Å²) in [6, 6.07) is 53.4. The molecule has 0 amide bonds. The van der Waals surface area contributed by atoms with Crippen molar-refractivity contribution in [2.45, 2.75) is 20.0 Å². The van der Waals surface area contributed by atoms with Crippen molar-refractivity contribution in [3.63, 3.8) is 0 Å². The Morgan fingerprint density at radius 2 is 1.02 bits per heavy atom. The maximum Gasteiger partial charge on any atom is 0.169 e. The summed E-state index contributed by atoms with van der Waals surface area (Å²) in [4.78, 5) is 15.0. The van der Waals surface area contributed by atoms with E-state index < -0.39 is 6.17 Å². The van der Waals surface area contributed by atoms with Crippen LogP contribution in [0.15, 0.2) is 168 Å². The quantitative estimate of drug-likeness (QED) is 0.202. The van der Waals surface area contributed by atoms with Crippen LogP contribution in [0.25, 0.3) is 44.3 Å². The van der Waals surface area contributed by atoms with Crippen molar-refractivity contribution in [1.29, 1.82) is 0 Å². The second kappa shape index (κ2) is 12.6.